The molecule has 0 radical (unpaired) electrons. The van der Waals surface area contributed by atoms with Crippen LogP contribution in [0.15, 0.2) is 30.3 Å². The largest absolute Gasteiger partial charge is 0.480 e. The topological polar surface area (TPSA) is 280 Å². The fourth-order valence-corrected chi connectivity index (χ4v) is 3.00. The summed E-state index contributed by atoms with van der Waals surface area (Å²) in [6.45, 7) is 0. The number of primary amides is 3. The first-order chi connectivity index (χ1) is 16.8. The van der Waals surface area contributed by atoms with Crippen molar-refractivity contribution in [3.05, 3.63) is 35.9 Å². The minimum absolute atomic E-state index is 0.125. The molecule has 12 N–H and O–H groups in total. The van der Waals surface area contributed by atoms with Crippen LogP contribution in [0.4, 0.5) is 0 Å². The van der Waals surface area contributed by atoms with Crippen molar-refractivity contribution >= 4 is 41.4 Å². The first-order valence-corrected chi connectivity index (χ1v) is 10.6. The molecule has 15 nitrogen and oxygen atoms in total. The summed E-state index contributed by atoms with van der Waals surface area (Å²) in [5.74, 6) is -7.35. The van der Waals surface area contributed by atoms with E-state index in [-0.39, 0.29) is 6.42 Å². The van der Waals surface area contributed by atoms with E-state index in [1.165, 1.54) is 0 Å². The summed E-state index contributed by atoms with van der Waals surface area (Å²) in [7, 11) is 0. The van der Waals surface area contributed by atoms with Gasteiger partial charge in [0.05, 0.1) is 25.3 Å². The number of amides is 6. The molecule has 0 spiro atoms. The second-order valence-corrected chi connectivity index (χ2v) is 7.83. The normalized spacial score (nSPS) is 13.8. The van der Waals surface area contributed by atoms with E-state index in [0.29, 0.717) is 5.56 Å². The molecule has 4 atom stereocenters. The van der Waals surface area contributed by atoms with Crippen LogP contribution < -0.4 is 38.9 Å². The van der Waals surface area contributed by atoms with E-state index in [2.05, 4.69) is 16.0 Å². The average molecular weight is 508 g/mol. The van der Waals surface area contributed by atoms with Crippen LogP contribution in [0.3, 0.4) is 0 Å². The maximum atomic E-state index is 12.9. The lowest BCUT2D eigenvalue weighted by molar-refractivity contribution is -0.143. The molecule has 0 fully saturated rings. The molecule has 6 amide bonds. The number of aliphatic carboxylic acids is 1. The van der Waals surface area contributed by atoms with Gasteiger partial charge in [-0.3, -0.25) is 28.8 Å². The number of nitrogens with two attached hydrogens (primary N) is 4. The Morgan fingerprint density at radius 3 is 1.61 bits per heavy atom. The molecule has 1 aromatic carbocycles. The van der Waals surface area contributed by atoms with Crippen LogP contribution in [0.5, 0.6) is 0 Å². The number of carboxylic acids is 1. The van der Waals surface area contributed by atoms with Gasteiger partial charge in [0.2, 0.25) is 35.4 Å². The van der Waals surface area contributed by atoms with Gasteiger partial charge in [0.25, 0.3) is 0 Å². The van der Waals surface area contributed by atoms with E-state index in [0.717, 1.165) is 0 Å². The van der Waals surface area contributed by atoms with Crippen molar-refractivity contribution in [2.45, 2.75) is 49.9 Å². The molecule has 1 aromatic rings. The Kier molecular flexibility index (Phi) is 11.5. The molecular weight excluding hydrogens is 478 g/mol. The Labute approximate surface area is 205 Å². The molecule has 0 bridgehead atoms. The smallest absolute Gasteiger partial charge is 0.326 e. The number of carboxylic acid groups (broad SMARTS) is 1. The summed E-state index contributed by atoms with van der Waals surface area (Å²) < 4.78 is 0. The molecule has 0 aliphatic carbocycles. The van der Waals surface area contributed by atoms with Crippen molar-refractivity contribution in [3.63, 3.8) is 0 Å². The monoisotopic (exact) mass is 507 g/mol. The summed E-state index contributed by atoms with van der Waals surface area (Å²) in [5.41, 5.74) is 21.3. The molecule has 0 saturated heterocycles. The molecule has 0 aromatic heterocycles. The fraction of sp³-hybridized carbons (Fsp3) is 0.381. The first kappa shape index (κ1) is 29.5. The van der Waals surface area contributed by atoms with Gasteiger partial charge in [0, 0.05) is 6.42 Å². The molecule has 0 saturated carbocycles. The highest BCUT2D eigenvalue weighted by Gasteiger charge is 2.32. The molecule has 196 valence electrons. The van der Waals surface area contributed by atoms with Crippen LogP contribution in [0.25, 0.3) is 0 Å². The van der Waals surface area contributed by atoms with Crippen molar-refractivity contribution in [2.75, 3.05) is 0 Å². The SMILES string of the molecule is NC(=O)CC(N)C(=O)NC(CC(N)=O)C(=O)NC(Cc1ccccc1)C(=O)NC(CC(N)=O)C(=O)O. The van der Waals surface area contributed by atoms with E-state index in [9.17, 15) is 38.7 Å². The summed E-state index contributed by atoms with van der Waals surface area (Å²) in [5, 5.41) is 15.9. The lowest BCUT2D eigenvalue weighted by Gasteiger charge is -2.24. The van der Waals surface area contributed by atoms with Crippen LogP contribution in [0, 0.1) is 0 Å². The number of carbonyl (C=O) groups is 7. The van der Waals surface area contributed by atoms with E-state index in [1.807, 2.05) is 0 Å². The number of rotatable bonds is 15. The van der Waals surface area contributed by atoms with Gasteiger partial charge in [-0.1, -0.05) is 30.3 Å². The highest BCUT2D eigenvalue weighted by Crippen LogP contribution is 2.06. The average Bonchev–Trinajstić information content (AvgIpc) is 2.77. The summed E-state index contributed by atoms with van der Waals surface area (Å²) in [6, 6.07) is 2.23. The van der Waals surface area contributed by atoms with Crippen molar-refractivity contribution in [1.82, 2.24) is 16.0 Å². The molecule has 0 heterocycles. The maximum Gasteiger partial charge on any atom is 0.326 e. The zero-order valence-electron chi connectivity index (χ0n) is 19.1. The van der Waals surface area contributed by atoms with Crippen molar-refractivity contribution < 1.29 is 38.7 Å². The number of nitrogens with one attached hydrogen (secondary N) is 3. The van der Waals surface area contributed by atoms with Crippen molar-refractivity contribution in [1.29, 1.82) is 0 Å². The van der Waals surface area contributed by atoms with Crippen LogP contribution >= 0.6 is 0 Å². The second-order valence-electron chi connectivity index (χ2n) is 7.83. The number of carbonyl (C=O) groups excluding carboxylic acids is 6. The Bertz CT molecular complexity index is 1000. The second kappa shape index (κ2) is 14.0. The van der Waals surface area contributed by atoms with Gasteiger partial charge < -0.3 is 44.0 Å². The minimum Gasteiger partial charge on any atom is -0.480 e. The minimum atomic E-state index is -1.67. The molecule has 4 unspecified atom stereocenters. The van der Waals surface area contributed by atoms with E-state index >= 15 is 0 Å². The van der Waals surface area contributed by atoms with E-state index < -0.39 is 84.8 Å². The quantitative estimate of drug-likeness (QED) is 0.114. The van der Waals surface area contributed by atoms with E-state index in [1.54, 1.807) is 30.3 Å². The standard InChI is InChI=1S/C21H29N7O8/c22-11(7-15(23)29)18(32)26-13(8-16(24)30)20(34)27-12(6-10-4-2-1-3-5-10)19(33)28-14(21(35)36)9-17(25)31/h1-5,11-14H,6-9,22H2,(H2,23,29)(H2,24,30)(H2,25,31)(H,26,32)(H,27,34)(H,28,33)(H,35,36). The number of benzene rings is 1. The molecular formula is C21H29N7O8. The summed E-state index contributed by atoms with van der Waals surface area (Å²) in [4.78, 5) is 83.1. The predicted molar refractivity (Wildman–Crippen MR) is 123 cm³/mol. The molecule has 1 rings (SSSR count). The Hall–Kier alpha value is -4.53. The van der Waals surface area contributed by atoms with E-state index in [4.69, 9.17) is 22.9 Å². The molecule has 15 heteroatoms. The van der Waals surface area contributed by atoms with Gasteiger partial charge in [-0.15, -0.1) is 0 Å². The lowest BCUT2D eigenvalue weighted by Crippen LogP contribution is -2.58. The van der Waals surface area contributed by atoms with Gasteiger partial charge in [-0.25, -0.2) is 4.79 Å². The fourth-order valence-electron chi connectivity index (χ4n) is 3.00. The third-order valence-electron chi connectivity index (χ3n) is 4.73. The highest BCUT2D eigenvalue weighted by atomic mass is 16.4. The lowest BCUT2D eigenvalue weighted by atomic mass is 10.0. The van der Waals surface area contributed by atoms with Gasteiger partial charge in [-0.2, -0.15) is 0 Å². The Morgan fingerprint density at radius 2 is 1.11 bits per heavy atom. The first-order valence-electron chi connectivity index (χ1n) is 10.6. The third-order valence-corrected chi connectivity index (χ3v) is 4.73. The summed E-state index contributed by atoms with van der Waals surface area (Å²) in [6.07, 6.45) is -2.04. The Morgan fingerprint density at radius 1 is 0.667 bits per heavy atom. The number of hydrogen-bond donors (Lipinski definition) is 8. The predicted octanol–water partition coefficient (Wildman–Crippen LogP) is -4.28. The zero-order chi connectivity index (χ0) is 27.4. The molecule has 36 heavy (non-hydrogen) atoms. The highest BCUT2D eigenvalue weighted by molar-refractivity contribution is 5.97. The van der Waals surface area contributed by atoms with Crippen LogP contribution in [0.2, 0.25) is 0 Å². The van der Waals surface area contributed by atoms with Crippen molar-refractivity contribution in [2.24, 2.45) is 22.9 Å². The third kappa shape index (κ3) is 10.6. The zero-order valence-corrected chi connectivity index (χ0v) is 19.1. The summed E-state index contributed by atoms with van der Waals surface area (Å²) >= 11 is 0. The van der Waals surface area contributed by atoms with Crippen LogP contribution in [0.1, 0.15) is 24.8 Å². The Balaban J connectivity index is 3.14. The molecule has 0 aliphatic heterocycles. The van der Waals surface area contributed by atoms with Gasteiger partial charge in [0.15, 0.2) is 0 Å². The van der Waals surface area contributed by atoms with Gasteiger partial charge in [0.1, 0.15) is 18.1 Å². The maximum absolute atomic E-state index is 12.9. The molecule has 0 aliphatic rings. The van der Waals surface area contributed by atoms with Gasteiger partial charge in [-0.05, 0) is 5.56 Å². The van der Waals surface area contributed by atoms with Crippen LogP contribution in [-0.2, 0) is 40.0 Å². The van der Waals surface area contributed by atoms with Gasteiger partial charge >= 0.3 is 5.97 Å². The number of hydrogen-bond acceptors (Lipinski definition) is 8. The van der Waals surface area contributed by atoms with Crippen LogP contribution in [-0.4, -0.2) is 70.7 Å². The van der Waals surface area contributed by atoms with Crippen molar-refractivity contribution in [3.8, 4) is 0 Å².